The number of methoxy groups -OCH3 is 1. The highest BCUT2D eigenvalue weighted by Gasteiger charge is 2.54. The second kappa shape index (κ2) is 8.24. The van der Waals surface area contributed by atoms with Crippen molar-refractivity contribution in [1.82, 2.24) is 5.32 Å². The maximum absolute atomic E-state index is 12.5. The minimum Gasteiger partial charge on any atom is -0.384 e. The molecule has 0 aromatic heterocycles. The van der Waals surface area contributed by atoms with Crippen LogP contribution in [0.15, 0.2) is 54.6 Å². The number of amides is 1. The zero-order valence-corrected chi connectivity index (χ0v) is 15.8. The van der Waals surface area contributed by atoms with Gasteiger partial charge in [0.1, 0.15) is 0 Å². The Hall–Kier alpha value is -2.17. The van der Waals surface area contributed by atoms with Crippen molar-refractivity contribution in [3.63, 3.8) is 0 Å². The predicted octanol–water partition coefficient (Wildman–Crippen LogP) is 3.45. The Morgan fingerprint density at radius 2 is 1.85 bits per heavy atom. The number of carbonyl (C=O) groups excluding carboxylic acids is 1. The lowest BCUT2D eigenvalue weighted by Crippen LogP contribution is -2.62. The minimum atomic E-state index is 0.124. The maximum Gasteiger partial charge on any atom is 0.220 e. The number of benzene rings is 2. The molecule has 0 radical (unpaired) electrons. The first kappa shape index (κ1) is 18.2. The third-order valence-electron chi connectivity index (χ3n) is 5.92. The van der Waals surface area contributed by atoms with Crippen LogP contribution in [0.3, 0.4) is 0 Å². The number of aryl methyl sites for hydroxylation is 1. The Kier molecular flexibility index (Phi) is 5.55. The second-order valence-corrected chi connectivity index (χ2v) is 7.56. The van der Waals surface area contributed by atoms with Crippen LogP contribution in [-0.2, 0) is 20.7 Å². The summed E-state index contributed by atoms with van der Waals surface area (Å²) in [6.07, 6.45) is 2.57. The standard InChI is InChI=1S/C23H27NO3/c1-26-15-20-22(19-13-14-27-23(19)20)24-21(25)12-9-16-7-10-18(11-8-16)17-5-3-2-4-6-17/h2-8,10-11,19-20,22-23H,9,12-15H2,1H3,(H,24,25)/t19-,20+,22+,23-/m0/s1. The monoisotopic (exact) mass is 365 g/mol. The highest BCUT2D eigenvalue weighted by atomic mass is 16.5. The normalized spacial score (nSPS) is 26.3. The lowest BCUT2D eigenvalue weighted by Gasteiger charge is -2.47. The Balaban J connectivity index is 1.29. The molecular formula is C23H27NO3. The van der Waals surface area contributed by atoms with Gasteiger partial charge in [0, 0.05) is 38.0 Å². The van der Waals surface area contributed by atoms with E-state index in [-0.39, 0.29) is 24.0 Å². The number of rotatable bonds is 7. The van der Waals surface area contributed by atoms with Gasteiger partial charge in [0.2, 0.25) is 5.91 Å². The Morgan fingerprint density at radius 1 is 1.11 bits per heavy atom. The SMILES string of the molecule is COC[C@@H]1[C@H](NC(=O)CCc2ccc(-c3ccccc3)cc2)[C@@H]2CCO[C@H]12. The Labute approximate surface area is 160 Å². The van der Waals surface area contributed by atoms with Crippen molar-refractivity contribution in [3.8, 4) is 11.1 Å². The first-order valence-electron chi connectivity index (χ1n) is 9.80. The summed E-state index contributed by atoms with van der Waals surface area (Å²) in [7, 11) is 1.71. The number of hydrogen-bond acceptors (Lipinski definition) is 3. The molecule has 1 saturated heterocycles. The molecule has 0 unspecified atom stereocenters. The van der Waals surface area contributed by atoms with Crippen molar-refractivity contribution in [2.24, 2.45) is 11.8 Å². The highest BCUT2D eigenvalue weighted by Crippen LogP contribution is 2.43. The van der Waals surface area contributed by atoms with Crippen molar-refractivity contribution in [2.75, 3.05) is 20.3 Å². The fraction of sp³-hybridized carbons (Fsp3) is 0.435. The van der Waals surface area contributed by atoms with E-state index in [9.17, 15) is 4.79 Å². The van der Waals surface area contributed by atoms with Gasteiger partial charge in [0.15, 0.2) is 0 Å². The van der Waals surface area contributed by atoms with Gasteiger partial charge in [0.05, 0.1) is 12.7 Å². The molecule has 1 saturated carbocycles. The van der Waals surface area contributed by atoms with Crippen LogP contribution in [0.4, 0.5) is 0 Å². The topological polar surface area (TPSA) is 47.6 Å². The van der Waals surface area contributed by atoms with Crippen LogP contribution in [0.5, 0.6) is 0 Å². The van der Waals surface area contributed by atoms with Crippen molar-refractivity contribution in [1.29, 1.82) is 0 Å². The first-order valence-corrected chi connectivity index (χ1v) is 9.80. The molecule has 0 bridgehead atoms. The minimum absolute atomic E-state index is 0.124. The van der Waals surface area contributed by atoms with Crippen LogP contribution in [0.25, 0.3) is 11.1 Å². The maximum atomic E-state index is 12.5. The summed E-state index contributed by atoms with van der Waals surface area (Å²) in [5.41, 5.74) is 3.60. The van der Waals surface area contributed by atoms with E-state index in [2.05, 4.69) is 41.7 Å². The van der Waals surface area contributed by atoms with Gasteiger partial charge in [-0.05, 0) is 29.5 Å². The van der Waals surface area contributed by atoms with E-state index in [1.165, 1.54) is 16.7 Å². The molecular weight excluding hydrogens is 338 g/mol. The van der Waals surface area contributed by atoms with Gasteiger partial charge in [-0.15, -0.1) is 0 Å². The molecule has 1 amide bonds. The van der Waals surface area contributed by atoms with E-state index in [4.69, 9.17) is 9.47 Å². The summed E-state index contributed by atoms with van der Waals surface area (Å²) in [4.78, 5) is 12.5. The van der Waals surface area contributed by atoms with Gasteiger partial charge in [-0.3, -0.25) is 4.79 Å². The molecule has 4 heteroatoms. The Bertz CT molecular complexity index is 759. The molecule has 1 aliphatic carbocycles. The molecule has 1 N–H and O–H groups in total. The lowest BCUT2D eigenvalue weighted by molar-refractivity contribution is -0.129. The van der Waals surface area contributed by atoms with Crippen molar-refractivity contribution in [2.45, 2.75) is 31.4 Å². The van der Waals surface area contributed by atoms with Crippen LogP contribution in [0.1, 0.15) is 18.4 Å². The molecule has 2 aliphatic rings. The van der Waals surface area contributed by atoms with E-state index < -0.39 is 0 Å². The highest BCUT2D eigenvalue weighted by molar-refractivity contribution is 5.77. The van der Waals surface area contributed by atoms with Crippen LogP contribution in [0, 0.1) is 11.8 Å². The number of nitrogens with one attached hydrogen (secondary N) is 1. The third-order valence-corrected chi connectivity index (χ3v) is 5.92. The van der Waals surface area contributed by atoms with Crippen molar-refractivity contribution < 1.29 is 14.3 Å². The molecule has 1 aliphatic heterocycles. The van der Waals surface area contributed by atoms with Crippen LogP contribution < -0.4 is 5.32 Å². The molecule has 4 rings (SSSR count). The average molecular weight is 365 g/mol. The van der Waals surface area contributed by atoms with Gasteiger partial charge in [0.25, 0.3) is 0 Å². The molecule has 27 heavy (non-hydrogen) atoms. The van der Waals surface area contributed by atoms with Gasteiger partial charge < -0.3 is 14.8 Å². The van der Waals surface area contributed by atoms with E-state index >= 15 is 0 Å². The summed E-state index contributed by atoms with van der Waals surface area (Å²) >= 11 is 0. The van der Waals surface area contributed by atoms with E-state index in [0.717, 1.165) is 19.4 Å². The first-order chi connectivity index (χ1) is 13.3. The van der Waals surface area contributed by atoms with Gasteiger partial charge >= 0.3 is 0 Å². The van der Waals surface area contributed by atoms with E-state index in [1.807, 2.05) is 18.2 Å². The molecule has 2 fully saturated rings. The van der Waals surface area contributed by atoms with Gasteiger partial charge in [-0.25, -0.2) is 0 Å². The molecule has 0 spiro atoms. The zero-order valence-electron chi connectivity index (χ0n) is 15.8. The predicted molar refractivity (Wildman–Crippen MR) is 105 cm³/mol. The Morgan fingerprint density at radius 3 is 2.59 bits per heavy atom. The van der Waals surface area contributed by atoms with Crippen molar-refractivity contribution >= 4 is 5.91 Å². The fourth-order valence-corrected chi connectivity index (χ4v) is 4.44. The molecule has 4 nitrogen and oxygen atoms in total. The largest absolute Gasteiger partial charge is 0.384 e. The van der Waals surface area contributed by atoms with Gasteiger partial charge in [-0.2, -0.15) is 0 Å². The van der Waals surface area contributed by atoms with Gasteiger partial charge in [-0.1, -0.05) is 54.6 Å². The summed E-state index contributed by atoms with van der Waals surface area (Å²) < 4.78 is 11.1. The number of fused-ring (bicyclic) bond motifs is 1. The van der Waals surface area contributed by atoms with Crippen LogP contribution in [0.2, 0.25) is 0 Å². The summed E-state index contributed by atoms with van der Waals surface area (Å²) in [6, 6.07) is 19.0. The molecule has 1 heterocycles. The summed E-state index contributed by atoms with van der Waals surface area (Å²) in [5, 5.41) is 3.23. The summed E-state index contributed by atoms with van der Waals surface area (Å²) in [5.74, 6) is 0.870. The fourth-order valence-electron chi connectivity index (χ4n) is 4.44. The molecule has 142 valence electrons. The molecule has 4 atom stereocenters. The van der Waals surface area contributed by atoms with Crippen LogP contribution in [-0.4, -0.2) is 38.4 Å². The smallest absolute Gasteiger partial charge is 0.220 e. The number of ether oxygens (including phenoxy) is 2. The third kappa shape index (κ3) is 3.92. The lowest BCUT2D eigenvalue weighted by atomic mass is 9.67. The zero-order chi connectivity index (χ0) is 18.6. The number of hydrogen-bond donors (Lipinski definition) is 1. The van der Waals surface area contributed by atoms with E-state index in [1.54, 1.807) is 7.11 Å². The number of carbonyl (C=O) groups is 1. The average Bonchev–Trinajstić information content (AvgIpc) is 3.14. The van der Waals surface area contributed by atoms with Crippen molar-refractivity contribution in [3.05, 3.63) is 60.2 Å². The van der Waals surface area contributed by atoms with E-state index in [0.29, 0.717) is 18.9 Å². The quantitative estimate of drug-likeness (QED) is 0.817. The molecule has 2 aromatic rings. The summed E-state index contributed by atoms with van der Waals surface area (Å²) in [6.45, 7) is 1.45. The van der Waals surface area contributed by atoms with Crippen LogP contribution >= 0.6 is 0 Å². The second-order valence-electron chi connectivity index (χ2n) is 7.56. The molecule has 2 aromatic carbocycles.